The minimum Gasteiger partial charge on any atom is -0.491 e. The van der Waals surface area contributed by atoms with E-state index in [2.05, 4.69) is 5.32 Å². The molecule has 0 heterocycles. The molecule has 1 rings (SSSR count). The van der Waals surface area contributed by atoms with Crippen molar-refractivity contribution in [2.75, 3.05) is 26.4 Å². The summed E-state index contributed by atoms with van der Waals surface area (Å²) >= 11 is 0. The Balaban J connectivity index is 0.00000361. The SMILES string of the molecule is CC(N)CCNC(=O)COCCOc1ccccc1.Cl. The summed E-state index contributed by atoms with van der Waals surface area (Å²) in [5, 5.41) is 2.74. The minimum atomic E-state index is -0.125. The van der Waals surface area contributed by atoms with Crippen molar-refractivity contribution in [1.29, 1.82) is 0 Å². The number of carbonyl (C=O) groups excluding carboxylic acids is 1. The first kappa shape index (κ1) is 18.7. The number of amides is 1. The summed E-state index contributed by atoms with van der Waals surface area (Å²) < 4.78 is 10.6. The van der Waals surface area contributed by atoms with E-state index in [1.807, 2.05) is 37.3 Å². The van der Waals surface area contributed by atoms with Crippen molar-refractivity contribution in [2.45, 2.75) is 19.4 Å². The van der Waals surface area contributed by atoms with Crippen molar-refractivity contribution in [3.8, 4) is 5.75 Å². The second kappa shape index (κ2) is 11.5. The van der Waals surface area contributed by atoms with Crippen LogP contribution >= 0.6 is 12.4 Å². The van der Waals surface area contributed by atoms with Crippen molar-refractivity contribution in [2.24, 2.45) is 5.73 Å². The molecule has 3 N–H and O–H groups in total. The normalized spacial score (nSPS) is 11.3. The van der Waals surface area contributed by atoms with E-state index < -0.39 is 0 Å². The van der Waals surface area contributed by atoms with Crippen LogP contribution in [0.3, 0.4) is 0 Å². The number of nitrogens with two attached hydrogens (primary N) is 1. The molecule has 0 aliphatic carbocycles. The fourth-order valence-electron chi connectivity index (χ4n) is 1.39. The summed E-state index contributed by atoms with van der Waals surface area (Å²) in [6.45, 7) is 3.35. The van der Waals surface area contributed by atoms with Gasteiger partial charge in [0.2, 0.25) is 5.91 Å². The lowest BCUT2D eigenvalue weighted by molar-refractivity contribution is -0.125. The molecule has 6 heteroatoms. The number of carbonyl (C=O) groups is 1. The molecule has 1 amide bonds. The van der Waals surface area contributed by atoms with Crippen molar-refractivity contribution in [3.05, 3.63) is 30.3 Å². The average Bonchev–Trinajstić information content (AvgIpc) is 2.39. The van der Waals surface area contributed by atoms with Gasteiger partial charge in [-0.25, -0.2) is 0 Å². The number of rotatable bonds is 9. The molecule has 20 heavy (non-hydrogen) atoms. The zero-order valence-corrected chi connectivity index (χ0v) is 12.5. The quantitative estimate of drug-likeness (QED) is 0.676. The summed E-state index contributed by atoms with van der Waals surface area (Å²) in [6, 6.07) is 9.59. The lowest BCUT2D eigenvalue weighted by Gasteiger charge is -2.08. The molecule has 0 spiro atoms. The topological polar surface area (TPSA) is 73.6 Å². The van der Waals surface area contributed by atoms with Gasteiger partial charge in [-0.2, -0.15) is 0 Å². The van der Waals surface area contributed by atoms with Crippen molar-refractivity contribution in [3.63, 3.8) is 0 Å². The molecule has 0 aliphatic heterocycles. The van der Waals surface area contributed by atoms with E-state index in [-0.39, 0.29) is 31.0 Å². The predicted octanol–water partition coefficient (Wildman–Crippen LogP) is 1.36. The van der Waals surface area contributed by atoms with Gasteiger partial charge in [0.05, 0.1) is 6.61 Å². The molecular weight excluding hydrogens is 280 g/mol. The molecule has 1 aromatic carbocycles. The Morgan fingerprint density at radius 1 is 1.30 bits per heavy atom. The van der Waals surface area contributed by atoms with Gasteiger partial charge in [-0.05, 0) is 25.5 Å². The summed E-state index contributed by atoms with van der Waals surface area (Å²) in [5.74, 6) is 0.674. The van der Waals surface area contributed by atoms with Crippen LogP contribution in [-0.4, -0.2) is 38.3 Å². The van der Waals surface area contributed by atoms with Crippen molar-refractivity contribution in [1.82, 2.24) is 5.32 Å². The molecule has 5 nitrogen and oxygen atoms in total. The van der Waals surface area contributed by atoms with Gasteiger partial charge in [-0.1, -0.05) is 18.2 Å². The average molecular weight is 303 g/mol. The van der Waals surface area contributed by atoms with E-state index in [1.54, 1.807) is 0 Å². The van der Waals surface area contributed by atoms with Crippen LogP contribution in [0.25, 0.3) is 0 Å². The molecule has 1 aromatic rings. The predicted molar refractivity (Wildman–Crippen MR) is 81.3 cm³/mol. The number of halogens is 1. The molecule has 0 saturated carbocycles. The Labute approximate surface area is 126 Å². The molecule has 0 bridgehead atoms. The molecule has 114 valence electrons. The van der Waals surface area contributed by atoms with Gasteiger partial charge in [0.1, 0.15) is 19.0 Å². The van der Waals surface area contributed by atoms with Crippen molar-refractivity contribution < 1.29 is 14.3 Å². The van der Waals surface area contributed by atoms with Crippen LogP contribution in [0.4, 0.5) is 0 Å². The lowest BCUT2D eigenvalue weighted by Crippen LogP contribution is -2.32. The first-order valence-corrected chi connectivity index (χ1v) is 6.46. The van der Waals surface area contributed by atoms with Crippen LogP contribution in [0.1, 0.15) is 13.3 Å². The zero-order chi connectivity index (χ0) is 13.9. The first-order valence-electron chi connectivity index (χ1n) is 6.46. The second-order valence-electron chi connectivity index (χ2n) is 4.33. The third-order valence-corrected chi connectivity index (χ3v) is 2.39. The third kappa shape index (κ3) is 9.61. The van der Waals surface area contributed by atoms with Crippen LogP contribution in [0, 0.1) is 0 Å². The molecule has 0 radical (unpaired) electrons. The van der Waals surface area contributed by atoms with E-state index in [0.717, 1.165) is 12.2 Å². The van der Waals surface area contributed by atoms with Gasteiger partial charge in [0, 0.05) is 12.6 Å². The highest BCUT2D eigenvalue weighted by molar-refractivity contribution is 5.85. The van der Waals surface area contributed by atoms with Crippen molar-refractivity contribution >= 4 is 18.3 Å². The van der Waals surface area contributed by atoms with E-state index in [0.29, 0.717) is 19.8 Å². The number of hydrogen-bond donors (Lipinski definition) is 2. The van der Waals surface area contributed by atoms with Crippen LogP contribution in [0.15, 0.2) is 30.3 Å². The molecule has 0 saturated heterocycles. The van der Waals surface area contributed by atoms with E-state index >= 15 is 0 Å². The smallest absolute Gasteiger partial charge is 0.246 e. The largest absolute Gasteiger partial charge is 0.491 e. The number of benzene rings is 1. The van der Waals surface area contributed by atoms with Gasteiger partial charge in [0.25, 0.3) is 0 Å². The maximum Gasteiger partial charge on any atom is 0.246 e. The standard InChI is InChI=1S/C14H22N2O3.ClH/c1-12(15)7-8-16-14(17)11-18-9-10-19-13-5-3-2-4-6-13;/h2-6,12H,7-11,15H2,1H3,(H,16,17);1H. The molecule has 0 fully saturated rings. The van der Waals surface area contributed by atoms with E-state index in [4.69, 9.17) is 15.2 Å². The highest BCUT2D eigenvalue weighted by Gasteiger charge is 2.01. The molecule has 1 atom stereocenters. The molecular formula is C14H23ClN2O3. The fraction of sp³-hybridized carbons (Fsp3) is 0.500. The summed E-state index contributed by atoms with van der Waals surface area (Å²) in [7, 11) is 0. The highest BCUT2D eigenvalue weighted by Crippen LogP contribution is 2.07. The molecule has 0 aromatic heterocycles. The number of hydrogen-bond acceptors (Lipinski definition) is 4. The summed E-state index contributed by atoms with van der Waals surface area (Å²) in [6.07, 6.45) is 0.767. The van der Waals surface area contributed by atoms with Gasteiger partial charge in [-0.15, -0.1) is 12.4 Å². The van der Waals surface area contributed by atoms with E-state index in [9.17, 15) is 4.79 Å². The summed E-state index contributed by atoms with van der Waals surface area (Å²) in [4.78, 5) is 11.3. The molecule has 0 aliphatic rings. The Kier molecular flexibility index (Phi) is 10.8. The Morgan fingerprint density at radius 3 is 2.65 bits per heavy atom. The van der Waals surface area contributed by atoms with E-state index in [1.165, 1.54) is 0 Å². The number of para-hydroxylation sites is 1. The lowest BCUT2D eigenvalue weighted by atomic mass is 10.2. The van der Waals surface area contributed by atoms with Gasteiger partial charge >= 0.3 is 0 Å². The first-order chi connectivity index (χ1) is 9.18. The second-order valence-corrected chi connectivity index (χ2v) is 4.33. The summed E-state index contributed by atoms with van der Waals surface area (Å²) in [5.41, 5.74) is 5.57. The van der Waals surface area contributed by atoms with Gasteiger partial charge in [-0.3, -0.25) is 4.79 Å². The maximum absolute atomic E-state index is 11.3. The minimum absolute atomic E-state index is 0. The third-order valence-electron chi connectivity index (χ3n) is 2.39. The van der Waals surface area contributed by atoms with Crippen LogP contribution in [0.2, 0.25) is 0 Å². The zero-order valence-electron chi connectivity index (χ0n) is 11.7. The highest BCUT2D eigenvalue weighted by atomic mass is 35.5. The Hall–Kier alpha value is -1.30. The van der Waals surface area contributed by atoms with Crippen LogP contribution < -0.4 is 15.8 Å². The molecule has 1 unspecified atom stereocenters. The Bertz CT molecular complexity index is 361. The van der Waals surface area contributed by atoms with Crippen LogP contribution in [-0.2, 0) is 9.53 Å². The Morgan fingerprint density at radius 2 is 2.00 bits per heavy atom. The monoisotopic (exact) mass is 302 g/mol. The van der Waals surface area contributed by atoms with Gasteiger partial charge in [0.15, 0.2) is 0 Å². The maximum atomic E-state index is 11.3. The number of ether oxygens (including phenoxy) is 2. The van der Waals surface area contributed by atoms with Gasteiger partial charge < -0.3 is 20.5 Å². The van der Waals surface area contributed by atoms with Crippen LogP contribution in [0.5, 0.6) is 5.75 Å². The fourth-order valence-corrected chi connectivity index (χ4v) is 1.39. The number of nitrogens with one attached hydrogen (secondary N) is 1.